The molecule has 0 amide bonds. The van der Waals surface area contributed by atoms with Crippen molar-refractivity contribution in [3.8, 4) is 5.75 Å². The van der Waals surface area contributed by atoms with Crippen LogP contribution < -0.4 is 0 Å². The van der Waals surface area contributed by atoms with Crippen LogP contribution in [-0.2, 0) is 6.54 Å². The van der Waals surface area contributed by atoms with Gasteiger partial charge < -0.3 is 10.0 Å². The number of aromatic hydroxyl groups is 1. The SMILES string of the molecule is CCN(C)Cc1ccc2ccccc2c1O. The number of rotatable bonds is 3. The van der Waals surface area contributed by atoms with Gasteiger partial charge >= 0.3 is 0 Å². The minimum absolute atomic E-state index is 0.415. The summed E-state index contributed by atoms with van der Waals surface area (Å²) in [4.78, 5) is 2.17. The molecule has 0 aliphatic carbocycles. The number of phenolic OH excluding ortho intramolecular Hbond substituents is 1. The first-order valence-corrected chi connectivity index (χ1v) is 5.60. The lowest BCUT2D eigenvalue weighted by Gasteiger charge is -2.15. The quantitative estimate of drug-likeness (QED) is 0.850. The van der Waals surface area contributed by atoms with E-state index >= 15 is 0 Å². The third kappa shape index (κ3) is 2.02. The van der Waals surface area contributed by atoms with Crippen molar-refractivity contribution in [3.05, 3.63) is 42.0 Å². The zero-order chi connectivity index (χ0) is 11.5. The highest BCUT2D eigenvalue weighted by atomic mass is 16.3. The molecule has 0 aliphatic heterocycles. The van der Waals surface area contributed by atoms with Crippen LogP contribution in [-0.4, -0.2) is 23.6 Å². The van der Waals surface area contributed by atoms with Crippen molar-refractivity contribution in [3.63, 3.8) is 0 Å². The van der Waals surface area contributed by atoms with Crippen molar-refractivity contribution in [1.29, 1.82) is 0 Å². The highest BCUT2D eigenvalue weighted by Gasteiger charge is 2.07. The topological polar surface area (TPSA) is 23.5 Å². The fourth-order valence-electron chi connectivity index (χ4n) is 1.83. The monoisotopic (exact) mass is 215 g/mol. The maximum atomic E-state index is 10.2. The summed E-state index contributed by atoms with van der Waals surface area (Å²) < 4.78 is 0. The molecule has 0 saturated heterocycles. The Morgan fingerprint density at radius 2 is 1.88 bits per heavy atom. The largest absolute Gasteiger partial charge is 0.507 e. The number of nitrogens with zero attached hydrogens (tertiary/aromatic N) is 1. The second-order valence-electron chi connectivity index (χ2n) is 4.12. The first-order chi connectivity index (χ1) is 7.72. The number of hydrogen-bond acceptors (Lipinski definition) is 2. The molecule has 2 rings (SSSR count). The van der Waals surface area contributed by atoms with Gasteiger partial charge in [0.05, 0.1) is 0 Å². The Morgan fingerprint density at radius 1 is 1.12 bits per heavy atom. The Balaban J connectivity index is 2.44. The molecule has 2 heteroatoms. The standard InChI is InChI=1S/C14H17NO/c1-3-15(2)10-12-9-8-11-6-4-5-7-13(11)14(12)16/h4-9,16H,3,10H2,1-2H3. The van der Waals surface area contributed by atoms with Crippen molar-refractivity contribution in [1.82, 2.24) is 4.90 Å². The average Bonchev–Trinajstić information content (AvgIpc) is 2.33. The van der Waals surface area contributed by atoms with E-state index in [9.17, 15) is 5.11 Å². The maximum absolute atomic E-state index is 10.2. The molecule has 84 valence electrons. The van der Waals surface area contributed by atoms with Gasteiger partial charge in [-0.05, 0) is 19.0 Å². The fraction of sp³-hybridized carbons (Fsp3) is 0.286. The summed E-state index contributed by atoms with van der Waals surface area (Å²) in [6, 6.07) is 12.0. The van der Waals surface area contributed by atoms with Crippen molar-refractivity contribution < 1.29 is 5.11 Å². The molecule has 0 fully saturated rings. The van der Waals surface area contributed by atoms with Crippen LogP contribution >= 0.6 is 0 Å². The Bertz CT molecular complexity index is 493. The predicted octanol–water partition coefficient (Wildman–Crippen LogP) is 3.00. The van der Waals surface area contributed by atoms with Gasteiger partial charge in [-0.25, -0.2) is 0 Å². The van der Waals surface area contributed by atoms with Gasteiger partial charge in [-0.15, -0.1) is 0 Å². The van der Waals surface area contributed by atoms with Crippen LogP contribution in [0.3, 0.4) is 0 Å². The molecule has 16 heavy (non-hydrogen) atoms. The van der Waals surface area contributed by atoms with Crippen molar-refractivity contribution in [2.45, 2.75) is 13.5 Å². The molecular weight excluding hydrogens is 198 g/mol. The maximum Gasteiger partial charge on any atom is 0.127 e. The third-order valence-corrected chi connectivity index (χ3v) is 2.96. The van der Waals surface area contributed by atoms with Crippen molar-refractivity contribution >= 4 is 10.8 Å². The van der Waals surface area contributed by atoms with E-state index in [4.69, 9.17) is 0 Å². The van der Waals surface area contributed by atoms with E-state index in [0.717, 1.165) is 29.4 Å². The minimum atomic E-state index is 0.415. The Hall–Kier alpha value is -1.54. The molecule has 0 atom stereocenters. The molecule has 0 bridgehead atoms. The second-order valence-corrected chi connectivity index (χ2v) is 4.12. The van der Waals surface area contributed by atoms with Crippen LogP contribution in [0.15, 0.2) is 36.4 Å². The number of phenols is 1. The van der Waals surface area contributed by atoms with Crippen molar-refractivity contribution in [2.24, 2.45) is 0 Å². The summed E-state index contributed by atoms with van der Waals surface area (Å²) in [6.45, 7) is 3.87. The van der Waals surface area contributed by atoms with Gasteiger partial charge in [-0.3, -0.25) is 0 Å². The number of hydrogen-bond donors (Lipinski definition) is 1. The highest BCUT2D eigenvalue weighted by Crippen LogP contribution is 2.29. The highest BCUT2D eigenvalue weighted by molar-refractivity contribution is 5.89. The molecular formula is C14H17NO. The van der Waals surface area contributed by atoms with Crippen LogP contribution in [0.4, 0.5) is 0 Å². The van der Waals surface area contributed by atoms with Gasteiger partial charge in [0.2, 0.25) is 0 Å². The first-order valence-electron chi connectivity index (χ1n) is 5.60. The molecule has 2 aromatic carbocycles. The Labute approximate surface area is 96.1 Å². The average molecular weight is 215 g/mol. The number of fused-ring (bicyclic) bond motifs is 1. The summed E-state index contributed by atoms with van der Waals surface area (Å²) in [7, 11) is 2.05. The molecule has 0 radical (unpaired) electrons. The summed E-state index contributed by atoms with van der Waals surface area (Å²) >= 11 is 0. The van der Waals surface area contributed by atoms with Crippen LogP contribution in [0.2, 0.25) is 0 Å². The summed E-state index contributed by atoms with van der Waals surface area (Å²) in [5.74, 6) is 0.415. The molecule has 0 unspecified atom stereocenters. The van der Waals surface area contributed by atoms with E-state index in [0.29, 0.717) is 5.75 Å². The predicted molar refractivity (Wildman–Crippen MR) is 67.6 cm³/mol. The van der Waals surface area contributed by atoms with Gasteiger partial charge in [-0.1, -0.05) is 43.3 Å². The Morgan fingerprint density at radius 3 is 2.62 bits per heavy atom. The van der Waals surface area contributed by atoms with E-state index in [-0.39, 0.29) is 0 Å². The smallest absolute Gasteiger partial charge is 0.127 e. The van der Waals surface area contributed by atoms with Crippen LogP contribution in [0.1, 0.15) is 12.5 Å². The Kier molecular flexibility index (Phi) is 3.11. The molecule has 0 heterocycles. The van der Waals surface area contributed by atoms with Crippen molar-refractivity contribution in [2.75, 3.05) is 13.6 Å². The lowest BCUT2D eigenvalue weighted by Crippen LogP contribution is -2.16. The number of benzene rings is 2. The van der Waals surface area contributed by atoms with Crippen LogP contribution in [0.25, 0.3) is 10.8 Å². The molecule has 0 spiro atoms. The zero-order valence-corrected chi connectivity index (χ0v) is 9.77. The summed E-state index contributed by atoms with van der Waals surface area (Å²) in [6.07, 6.45) is 0. The zero-order valence-electron chi connectivity index (χ0n) is 9.77. The van der Waals surface area contributed by atoms with E-state index < -0.39 is 0 Å². The van der Waals surface area contributed by atoms with Crippen LogP contribution in [0.5, 0.6) is 5.75 Å². The van der Waals surface area contributed by atoms with Gasteiger partial charge in [0.25, 0.3) is 0 Å². The normalized spacial score (nSPS) is 11.2. The summed E-state index contributed by atoms with van der Waals surface area (Å²) in [5, 5.41) is 12.2. The lowest BCUT2D eigenvalue weighted by atomic mass is 10.1. The lowest BCUT2D eigenvalue weighted by molar-refractivity contribution is 0.338. The first kappa shape index (κ1) is 11.0. The van der Waals surface area contributed by atoms with E-state index in [1.807, 2.05) is 30.3 Å². The van der Waals surface area contributed by atoms with Gasteiger partial charge in [0.15, 0.2) is 0 Å². The molecule has 0 aromatic heterocycles. The van der Waals surface area contributed by atoms with Gasteiger partial charge in [0.1, 0.15) is 5.75 Å². The van der Waals surface area contributed by atoms with Gasteiger partial charge in [0, 0.05) is 17.5 Å². The second kappa shape index (κ2) is 4.54. The molecule has 2 nitrogen and oxygen atoms in total. The molecule has 0 saturated carbocycles. The molecule has 1 N–H and O–H groups in total. The van der Waals surface area contributed by atoms with Crippen LogP contribution in [0, 0.1) is 0 Å². The molecule has 2 aromatic rings. The fourth-order valence-corrected chi connectivity index (χ4v) is 1.83. The van der Waals surface area contributed by atoms with E-state index in [1.54, 1.807) is 0 Å². The van der Waals surface area contributed by atoms with E-state index in [1.165, 1.54) is 0 Å². The van der Waals surface area contributed by atoms with E-state index in [2.05, 4.69) is 24.9 Å². The minimum Gasteiger partial charge on any atom is -0.507 e. The molecule has 0 aliphatic rings. The van der Waals surface area contributed by atoms with Gasteiger partial charge in [-0.2, -0.15) is 0 Å². The third-order valence-electron chi connectivity index (χ3n) is 2.96. The summed E-state index contributed by atoms with van der Waals surface area (Å²) in [5.41, 5.74) is 0.989.